The Kier molecular flexibility index (Phi) is 4.81. The largest absolute Gasteiger partial charge is 0.314 e. The summed E-state index contributed by atoms with van der Waals surface area (Å²) >= 11 is 12.4. The van der Waals surface area contributed by atoms with Crippen molar-refractivity contribution in [3.8, 4) is 0 Å². The summed E-state index contributed by atoms with van der Waals surface area (Å²) < 4.78 is 0. The van der Waals surface area contributed by atoms with E-state index in [4.69, 9.17) is 23.2 Å². The highest BCUT2D eigenvalue weighted by Gasteiger charge is 2.24. The Morgan fingerprint density at radius 2 is 1.48 bits per heavy atom. The van der Waals surface area contributed by atoms with Crippen molar-refractivity contribution in [2.75, 3.05) is 26.2 Å². The monoisotopic (exact) mass is 320 g/mol. The predicted octanol–water partition coefficient (Wildman–Crippen LogP) is 3.99. The van der Waals surface area contributed by atoms with Gasteiger partial charge in [0.15, 0.2) is 0 Å². The second-order valence-electron chi connectivity index (χ2n) is 5.30. The molecule has 0 spiro atoms. The van der Waals surface area contributed by atoms with E-state index in [2.05, 4.69) is 34.5 Å². The minimum atomic E-state index is 0.199. The number of hydrogen-bond donors (Lipinski definition) is 1. The van der Waals surface area contributed by atoms with Gasteiger partial charge in [-0.05, 0) is 29.3 Å². The van der Waals surface area contributed by atoms with Crippen LogP contribution in [0.4, 0.5) is 0 Å². The van der Waals surface area contributed by atoms with Gasteiger partial charge in [0.2, 0.25) is 0 Å². The van der Waals surface area contributed by atoms with Crippen molar-refractivity contribution in [3.05, 3.63) is 69.7 Å². The zero-order chi connectivity index (χ0) is 14.7. The van der Waals surface area contributed by atoms with Gasteiger partial charge in [-0.3, -0.25) is 4.90 Å². The smallest absolute Gasteiger partial charge is 0.0603 e. The molecule has 1 heterocycles. The Morgan fingerprint density at radius 3 is 2.10 bits per heavy atom. The summed E-state index contributed by atoms with van der Waals surface area (Å²) in [7, 11) is 0. The molecule has 4 heteroatoms. The first-order valence-corrected chi connectivity index (χ1v) is 7.95. The lowest BCUT2D eigenvalue weighted by Crippen LogP contribution is -2.45. The fraction of sp³-hybridized carbons (Fsp3) is 0.294. The molecule has 1 aliphatic rings. The number of benzene rings is 2. The van der Waals surface area contributed by atoms with Crippen LogP contribution in [0.5, 0.6) is 0 Å². The molecule has 1 atom stereocenters. The van der Waals surface area contributed by atoms with E-state index < -0.39 is 0 Å². The van der Waals surface area contributed by atoms with Crippen LogP contribution in [0, 0.1) is 0 Å². The molecule has 1 N–H and O–H groups in total. The van der Waals surface area contributed by atoms with Crippen molar-refractivity contribution in [2.45, 2.75) is 6.04 Å². The van der Waals surface area contributed by atoms with Crippen molar-refractivity contribution in [2.24, 2.45) is 0 Å². The maximum atomic E-state index is 6.21. The molecule has 0 aromatic heterocycles. The minimum absolute atomic E-state index is 0.199. The van der Waals surface area contributed by atoms with Gasteiger partial charge >= 0.3 is 0 Å². The van der Waals surface area contributed by atoms with Crippen molar-refractivity contribution < 1.29 is 0 Å². The Balaban J connectivity index is 2.02. The molecular weight excluding hydrogens is 303 g/mol. The standard InChI is InChI=1S/C17H18Cl2N2/c18-15-10-14(11-16(19)12-15)17(13-4-2-1-3-5-13)21-8-6-20-7-9-21/h1-5,10-12,17,20H,6-9H2/t17-/m1/s1. The number of nitrogens with zero attached hydrogens (tertiary/aromatic N) is 1. The first-order valence-electron chi connectivity index (χ1n) is 7.20. The highest BCUT2D eigenvalue weighted by atomic mass is 35.5. The third-order valence-electron chi connectivity index (χ3n) is 3.83. The lowest BCUT2D eigenvalue weighted by molar-refractivity contribution is 0.198. The van der Waals surface area contributed by atoms with E-state index in [1.54, 1.807) is 6.07 Å². The second kappa shape index (κ2) is 6.80. The molecule has 1 fully saturated rings. The predicted molar refractivity (Wildman–Crippen MR) is 89.2 cm³/mol. The lowest BCUT2D eigenvalue weighted by Gasteiger charge is -2.35. The van der Waals surface area contributed by atoms with Crippen LogP contribution in [-0.4, -0.2) is 31.1 Å². The zero-order valence-corrected chi connectivity index (χ0v) is 13.2. The number of halogens is 2. The Hall–Kier alpha value is -1.06. The van der Waals surface area contributed by atoms with Gasteiger partial charge in [-0.15, -0.1) is 0 Å². The highest BCUT2D eigenvalue weighted by molar-refractivity contribution is 6.34. The molecule has 0 amide bonds. The van der Waals surface area contributed by atoms with Crippen LogP contribution in [0.25, 0.3) is 0 Å². The number of piperazine rings is 1. The lowest BCUT2D eigenvalue weighted by atomic mass is 9.96. The average Bonchev–Trinajstić information content (AvgIpc) is 2.49. The second-order valence-corrected chi connectivity index (χ2v) is 6.17. The maximum absolute atomic E-state index is 6.21. The topological polar surface area (TPSA) is 15.3 Å². The molecule has 1 saturated heterocycles. The molecule has 0 saturated carbocycles. The number of nitrogens with one attached hydrogen (secondary N) is 1. The van der Waals surface area contributed by atoms with Gasteiger partial charge in [0.05, 0.1) is 6.04 Å². The van der Waals surface area contributed by atoms with Gasteiger partial charge in [0, 0.05) is 36.2 Å². The molecule has 1 aliphatic heterocycles. The van der Waals surface area contributed by atoms with Crippen LogP contribution >= 0.6 is 23.2 Å². The zero-order valence-electron chi connectivity index (χ0n) is 11.7. The van der Waals surface area contributed by atoms with E-state index in [1.165, 1.54) is 5.56 Å². The van der Waals surface area contributed by atoms with Crippen molar-refractivity contribution in [1.82, 2.24) is 10.2 Å². The Morgan fingerprint density at radius 1 is 0.857 bits per heavy atom. The number of hydrogen-bond acceptors (Lipinski definition) is 2. The van der Waals surface area contributed by atoms with Crippen molar-refractivity contribution in [1.29, 1.82) is 0 Å². The van der Waals surface area contributed by atoms with E-state index in [0.717, 1.165) is 31.7 Å². The molecule has 0 unspecified atom stereocenters. The van der Waals surface area contributed by atoms with Crippen LogP contribution in [0.15, 0.2) is 48.5 Å². The molecule has 0 radical (unpaired) electrons. The van der Waals surface area contributed by atoms with Gasteiger partial charge in [0.25, 0.3) is 0 Å². The molecule has 21 heavy (non-hydrogen) atoms. The maximum Gasteiger partial charge on any atom is 0.0603 e. The summed E-state index contributed by atoms with van der Waals surface area (Å²) in [5.74, 6) is 0. The van der Waals surface area contributed by atoms with Gasteiger partial charge in [0.1, 0.15) is 0 Å². The molecule has 3 rings (SSSR count). The molecular formula is C17H18Cl2N2. The molecule has 2 nitrogen and oxygen atoms in total. The summed E-state index contributed by atoms with van der Waals surface area (Å²) in [6.45, 7) is 4.06. The average molecular weight is 321 g/mol. The molecule has 110 valence electrons. The van der Waals surface area contributed by atoms with Crippen LogP contribution in [-0.2, 0) is 0 Å². The SMILES string of the molecule is Clc1cc(Cl)cc([C@@H](c2ccccc2)N2CCNCC2)c1. The van der Waals surface area contributed by atoms with E-state index in [1.807, 2.05) is 18.2 Å². The van der Waals surface area contributed by atoms with Crippen LogP contribution in [0.1, 0.15) is 17.2 Å². The summed E-state index contributed by atoms with van der Waals surface area (Å²) in [6, 6.07) is 16.6. The normalized spacial score (nSPS) is 17.6. The first kappa shape index (κ1) is 14.9. The van der Waals surface area contributed by atoms with Gasteiger partial charge in [-0.2, -0.15) is 0 Å². The summed E-state index contributed by atoms with van der Waals surface area (Å²) in [6.07, 6.45) is 0. The first-order chi connectivity index (χ1) is 10.2. The van der Waals surface area contributed by atoms with Gasteiger partial charge in [-0.25, -0.2) is 0 Å². The fourth-order valence-electron chi connectivity index (χ4n) is 2.92. The third kappa shape index (κ3) is 3.58. The molecule has 0 bridgehead atoms. The van der Waals surface area contributed by atoms with Crippen LogP contribution in [0.2, 0.25) is 10.0 Å². The van der Waals surface area contributed by atoms with Crippen LogP contribution in [0.3, 0.4) is 0 Å². The number of rotatable bonds is 3. The van der Waals surface area contributed by atoms with Crippen molar-refractivity contribution >= 4 is 23.2 Å². The summed E-state index contributed by atoms with van der Waals surface area (Å²) in [5.41, 5.74) is 2.43. The quantitative estimate of drug-likeness (QED) is 0.920. The summed E-state index contributed by atoms with van der Waals surface area (Å²) in [5, 5.41) is 4.78. The molecule has 2 aromatic rings. The third-order valence-corrected chi connectivity index (χ3v) is 4.27. The van der Waals surface area contributed by atoms with E-state index in [0.29, 0.717) is 10.0 Å². The Bertz CT molecular complexity index is 575. The highest BCUT2D eigenvalue weighted by Crippen LogP contribution is 2.32. The summed E-state index contributed by atoms with van der Waals surface area (Å²) in [4.78, 5) is 2.48. The van der Waals surface area contributed by atoms with E-state index >= 15 is 0 Å². The van der Waals surface area contributed by atoms with E-state index in [9.17, 15) is 0 Å². The fourth-order valence-corrected chi connectivity index (χ4v) is 3.47. The van der Waals surface area contributed by atoms with Crippen LogP contribution < -0.4 is 5.32 Å². The van der Waals surface area contributed by atoms with Gasteiger partial charge in [-0.1, -0.05) is 53.5 Å². The minimum Gasteiger partial charge on any atom is -0.314 e. The Labute approximate surface area is 135 Å². The molecule has 0 aliphatic carbocycles. The molecule has 2 aromatic carbocycles. The van der Waals surface area contributed by atoms with E-state index in [-0.39, 0.29) is 6.04 Å². The van der Waals surface area contributed by atoms with Gasteiger partial charge < -0.3 is 5.32 Å². The van der Waals surface area contributed by atoms with Crippen molar-refractivity contribution in [3.63, 3.8) is 0 Å².